The molecule has 0 aliphatic carbocycles. The average Bonchev–Trinajstić information content (AvgIpc) is 3.51. The van der Waals surface area contributed by atoms with E-state index in [0.717, 1.165) is 61.7 Å². The summed E-state index contributed by atoms with van der Waals surface area (Å²) in [6, 6.07) is 11.5. The van der Waals surface area contributed by atoms with Gasteiger partial charge in [-0.1, -0.05) is 30.4 Å². The van der Waals surface area contributed by atoms with Gasteiger partial charge in [-0.2, -0.15) is 0 Å². The van der Waals surface area contributed by atoms with E-state index in [9.17, 15) is 18.0 Å². The summed E-state index contributed by atoms with van der Waals surface area (Å²) in [6.45, 7) is 4.37. The monoisotopic (exact) mass is 682 g/mol. The van der Waals surface area contributed by atoms with E-state index in [1.54, 1.807) is 55.5 Å². The van der Waals surface area contributed by atoms with E-state index in [2.05, 4.69) is 15.2 Å². The maximum absolute atomic E-state index is 12.7. The summed E-state index contributed by atoms with van der Waals surface area (Å²) in [4.78, 5) is 30.9. The Hall–Kier alpha value is -3.81. The number of amidine groups is 2. The number of primary amides is 1. The molecule has 4 rings (SSSR count). The van der Waals surface area contributed by atoms with E-state index in [-0.39, 0.29) is 61.2 Å². The van der Waals surface area contributed by atoms with Gasteiger partial charge < -0.3 is 20.1 Å². The highest BCUT2D eigenvalue weighted by Crippen LogP contribution is 2.29. The lowest BCUT2D eigenvalue weighted by Crippen LogP contribution is -2.41. The Labute approximate surface area is 276 Å². The van der Waals surface area contributed by atoms with Crippen LogP contribution in [0.3, 0.4) is 0 Å². The second-order valence-corrected chi connectivity index (χ2v) is 12.2. The Morgan fingerprint density at radius 2 is 1.91 bits per heavy atom. The third kappa shape index (κ3) is 10.4. The number of ether oxygens (including phenoxy) is 2. The summed E-state index contributed by atoms with van der Waals surface area (Å²) in [7, 11) is -3.73. The van der Waals surface area contributed by atoms with Crippen molar-refractivity contribution in [2.45, 2.75) is 38.7 Å². The number of anilines is 1. The first kappa shape index (κ1) is 37.4. The molecule has 45 heavy (non-hydrogen) atoms. The number of rotatable bonds is 10. The number of nitrogens with one attached hydrogen (secondary N) is 2. The second-order valence-electron chi connectivity index (χ2n) is 10.3. The number of sulfonamides is 1. The molecule has 2 aliphatic rings. The molecule has 2 aromatic carbocycles. The number of hydrogen-bond acceptors (Lipinski definition) is 9. The number of piperidine rings is 1. The Kier molecular flexibility index (Phi) is 14.2. The number of halogens is 2. The number of benzene rings is 2. The highest BCUT2D eigenvalue weighted by Gasteiger charge is 2.26. The molecular formula is C30H40Cl2N6O6S. The summed E-state index contributed by atoms with van der Waals surface area (Å²) in [5.41, 5.74) is 7.21. The lowest BCUT2D eigenvalue weighted by Gasteiger charge is -2.34. The van der Waals surface area contributed by atoms with Crippen molar-refractivity contribution in [2.24, 2.45) is 10.7 Å². The SMILES string of the molecule is CCOC(=O)NC(=N)c1cccc(/C=C/CN(c2ccc(OC3CCN(C4=NCCC4)CC3)c(C(N)=O)c2)S(C)(=O)=O)c1.Cl.Cl. The molecule has 0 aromatic heterocycles. The van der Waals surface area contributed by atoms with Gasteiger partial charge in [0.1, 0.15) is 17.7 Å². The van der Waals surface area contributed by atoms with Crippen molar-refractivity contribution in [3.8, 4) is 5.75 Å². The molecule has 0 radical (unpaired) electrons. The van der Waals surface area contributed by atoms with Crippen LogP contribution in [0, 0.1) is 5.41 Å². The van der Waals surface area contributed by atoms with Gasteiger partial charge in [0.15, 0.2) is 0 Å². The standard InChI is InChI=1S/C30H38N6O6S.2ClH/c1-3-41-30(38)34-28(31)22-9-4-7-21(19-22)8-6-16-36(43(2,39)40)23-11-12-26(25(20-23)29(32)37)42-24-13-17-35(18-14-24)27-10-5-15-33-27;;/h4,6-9,11-12,19-20,24H,3,5,10,13-18H2,1-2H3,(H2,32,37)(H2,31,34,38);2*1H/b8-6+;;. The molecule has 0 saturated carbocycles. The molecule has 246 valence electrons. The van der Waals surface area contributed by atoms with Crippen molar-refractivity contribution < 1.29 is 27.5 Å². The van der Waals surface area contributed by atoms with E-state index >= 15 is 0 Å². The van der Waals surface area contributed by atoms with Gasteiger partial charge in [0.2, 0.25) is 10.0 Å². The molecule has 2 aliphatic heterocycles. The van der Waals surface area contributed by atoms with Crippen LogP contribution in [0.25, 0.3) is 6.08 Å². The topological polar surface area (TPSA) is 167 Å². The van der Waals surface area contributed by atoms with E-state index in [1.165, 1.54) is 6.07 Å². The average molecular weight is 684 g/mol. The Morgan fingerprint density at radius 1 is 1.18 bits per heavy atom. The minimum atomic E-state index is -3.73. The van der Waals surface area contributed by atoms with Crippen molar-refractivity contribution in [3.05, 3.63) is 65.2 Å². The van der Waals surface area contributed by atoms with Crippen molar-refractivity contribution >= 4 is 70.3 Å². The zero-order valence-corrected chi connectivity index (χ0v) is 27.7. The van der Waals surface area contributed by atoms with Crippen LogP contribution in [-0.2, 0) is 14.8 Å². The summed E-state index contributed by atoms with van der Waals surface area (Å²) >= 11 is 0. The van der Waals surface area contributed by atoms with Gasteiger partial charge in [-0.05, 0) is 43.2 Å². The fraction of sp³-hybridized carbons (Fsp3) is 0.400. The molecule has 2 heterocycles. The molecule has 1 saturated heterocycles. The Balaban J connectivity index is 0.00000353. The number of amides is 2. The first-order valence-corrected chi connectivity index (χ1v) is 16.1. The normalized spacial score (nSPS) is 15.0. The predicted molar refractivity (Wildman–Crippen MR) is 181 cm³/mol. The van der Waals surface area contributed by atoms with E-state index in [4.69, 9.17) is 20.6 Å². The summed E-state index contributed by atoms with van der Waals surface area (Å²) in [5, 5.41) is 10.4. The number of nitrogens with zero attached hydrogens (tertiary/aromatic N) is 3. The largest absolute Gasteiger partial charge is 0.489 e. The Morgan fingerprint density at radius 3 is 2.53 bits per heavy atom. The molecule has 1 fully saturated rings. The molecule has 2 aromatic rings. The van der Waals surface area contributed by atoms with Gasteiger partial charge in [0.05, 0.1) is 36.5 Å². The lowest BCUT2D eigenvalue weighted by molar-refractivity contribution is 0.0982. The highest BCUT2D eigenvalue weighted by molar-refractivity contribution is 7.92. The smallest absolute Gasteiger partial charge is 0.412 e. The number of alkyl carbamates (subject to hydrolysis) is 1. The van der Waals surface area contributed by atoms with Gasteiger partial charge in [-0.25, -0.2) is 13.2 Å². The third-order valence-electron chi connectivity index (χ3n) is 7.13. The minimum absolute atomic E-state index is 0. The zero-order chi connectivity index (χ0) is 31.0. The second kappa shape index (κ2) is 17.0. The first-order chi connectivity index (χ1) is 20.5. The molecule has 12 nitrogen and oxygen atoms in total. The Bertz CT molecular complexity index is 1530. The van der Waals surface area contributed by atoms with Crippen LogP contribution in [0.4, 0.5) is 10.5 Å². The van der Waals surface area contributed by atoms with Crippen molar-refractivity contribution in [2.75, 3.05) is 43.3 Å². The van der Waals surface area contributed by atoms with Crippen molar-refractivity contribution in [1.29, 1.82) is 5.41 Å². The van der Waals surface area contributed by atoms with Gasteiger partial charge >= 0.3 is 6.09 Å². The summed E-state index contributed by atoms with van der Waals surface area (Å²) < 4.78 is 37.6. The number of nitrogens with two attached hydrogens (primary N) is 1. The van der Waals surface area contributed by atoms with E-state index in [1.807, 2.05) is 0 Å². The van der Waals surface area contributed by atoms with Gasteiger partial charge in [0.25, 0.3) is 5.91 Å². The summed E-state index contributed by atoms with van der Waals surface area (Å²) in [6.07, 6.45) is 7.28. The number of likely N-dealkylation sites (tertiary alicyclic amines) is 1. The summed E-state index contributed by atoms with van der Waals surface area (Å²) in [5.74, 6) is 0.650. The van der Waals surface area contributed by atoms with E-state index in [0.29, 0.717) is 16.9 Å². The van der Waals surface area contributed by atoms with Crippen LogP contribution < -0.4 is 20.1 Å². The van der Waals surface area contributed by atoms with Crippen LogP contribution in [0.2, 0.25) is 0 Å². The number of hydrogen-bond donors (Lipinski definition) is 3. The van der Waals surface area contributed by atoms with Crippen LogP contribution in [0.5, 0.6) is 5.75 Å². The van der Waals surface area contributed by atoms with Crippen molar-refractivity contribution in [1.82, 2.24) is 10.2 Å². The zero-order valence-electron chi connectivity index (χ0n) is 25.2. The number of carbonyl (C=O) groups is 2. The number of carbonyl (C=O) groups excluding carboxylic acids is 2. The van der Waals surface area contributed by atoms with Crippen LogP contribution in [0.15, 0.2) is 53.5 Å². The van der Waals surface area contributed by atoms with Crippen LogP contribution in [0.1, 0.15) is 54.1 Å². The van der Waals surface area contributed by atoms with E-state index < -0.39 is 22.0 Å². The fourth-order valence-electron chi connectivity index (χ4n) is 5.02. The van der Waals surface area contributed by atoms with Gasteiger partial charge in [-0.3, -0.25) is 24.8 Å². The first-order valence-electron chi connectivity index (χ1n) is 14.2. The molecule has 0 atom stereocenters. The molecule has 2 amide bonds. The molecule has 4 N–H and O–H groups in total. The number of aliphatic imine (C=N–C) groups is 1. The molecular weight excluding hydrogens is 643 g/mol. The molecule has 15 heteroatoms. The van der Waals surface area contributed by atoms with Gasteiger partial charge in [-0.15, -0.1) is 24.8 Å². The van der Waals surface area contributed by atoms with Crippen molar-refractivity contribution in [3.63, 3.8) is 0 Å². The predicted octanol–water partition coefficient (Wildman–Crippen LogP) is 4.22. The molecule has 0 spiro atoms. The maximum atomic E-state index is 12.7. The molecule has 0 unspecified atom stereocenters. The lowest BCUT2D eigenvalue weighted by atomic mass is 10.1. The van der Waals surface area contributed by atoms with Crippen LogP contribution in [-0.4, -0.2) is 82.1 Å². The molecule has 0 bridgehead atoms. The van der Waals surface area contributed by atoms with Gasteiger partial charge in [0, 0.05) is 44.5 Å². The van der Waals surface area contributed by atoms with Crippen LogP contribution >= 0.6 is 24.8 Å². The quantitative estimate of drug-likeness (QED) is 0.249. The fourth-order valence-corrected chi connectivity index (χ4v) is 5.87. The maximum Gasteiger partial charge on any atom is 0.412 e. The third-order valence-corrected chi connectivity index (χ3v) is 8.29. The minimum Gasteiger partial charge on any atom is -0.489 e. The highest BCUT2D eigenvalue weighted by atomic mass is 35.5.